The Balaban J connectivity index is 0.000000124. The number of hydrogen-bond acceptors (Lipinski definition) is 5. The average molecular weight is 741 g/mol. The molecule has 0 aromatic heterocycles. The average Bonchev–Trinajstić information content (AvgIpc) is 4.06. The summed E-state index contributed by atoms with van der Waals surface area (Å²) in [6, 6.07) is 15.1. The summed E-state index contributed by atoms with van der Waals surface area (Å²) in [5, 5.41) is 0. The van der Waals surface area contributed by atoms with Gasteiger partial charge in [0.1, 0.15) is 17.3 Å². The van der Waals surface area contributed by atoms with Crippen LogP contribution in [0.4, 0.5) is 0 Å². The number of allylic oxidation sites excluding steroid dienone is 1. The molecular weight excluding hydrogens is 677 g/mol. The van der Waals surface area contributed by atoms with Gasteiger partial charge in [0.15, 0.2) is 0 Å². The molecule has 10 atom stereocenters. The monoisotopic (exact) mass is 740 g/mol. The van der Waals surface area contributed by atoms with Crippen LogP contribution in [0.3, 0.4) is 0 Å². The van der Waals surface area contributed by atoms with Crippen LogP contribution in [0.25, 0.3) is 0 Å². The lowest BCUT2D eigenvalue weighted by molar-refractivity contribution is -0.161. The van der Waals surface area contributed by atoms with E-state index in [1.54, 1.807) is 30.9 Å². The third-order valence-electron chi connectivity index (χ3n) is 18.6. The lowest BCUT2D eigenvalue weighted by atomic mass is 9.40. The fourth-order valence-corrected chi connectivity index (χ4v) is 16.0. The maximum atomic E-state index is 13.8. The van der Waals surface area contributed by atoms with Crippen LogP contribution >= 0.6 is 0 Å². The van der Waals surface area contributed by atoms with Crippen molar-refractivity contribution in [1.29, 1.82) is 0 Å². The predicted molar refractivity (Wildman–Crippen MR) is 217 cm³/mol. The molecule has 10 fully saturated rings. The summed E-state index contributed by atoms with van der Waals surface area (Å²) in [5.41, 5.74) is 8.17. The highest BCUT2D eigenvalue weighted by Gasteiger charge is 2.66. The second-order valence-corrected chi connectivity index (χ2v) is 21.1. The SMILES string of the molecule is C=C1C[C@@]23CCN(CC4CC4)[C@H](Cc4ccc(OC)cc42)C3C2CC12.COc1ccc2c(c1)[C@]13CCN(CC4CC4)[C@H](C2)[C@@H]1[C@H]1C2CCC(CC2)[C@H]1C(=O)C3. The first kappa shape index (κ1) is 34.4. The van der Waals surface area contributed by atoms with Crippen molar-refractivity contribution in [3.8, 4) is 11.5 Å². The van der Waals surface area contributed by atoms with Crippen LogP contribution in [0.5, 0.6) is 11.5 Å². The van der Waals surface area contributed by atoms with Gasteiger partial charge in [-0.25, -0.2) is 0 Å². The number of nitrogens with zero attached hydrogens (tertiary/aromatic N) is 2. The van der Waals surface area contributed by atoms with Gasteiger partial charge in [0, 0.05) is 48.3 Å². The number of rotatable bonds is 6. The van der Waals surface area contributed by atoms with Crippen LogP contribution in [-0.2, 0) is 28.5 Å². The minimum Gasteiger partial charge on any atom is -0.497 e. The Labute approximate surface area is 330 Å². The summed E-state index contributed by atoms with van der Waals surface area (Å²) in [6.07, 6.45) is 19.6. The molecule has 0 spiro atoms. The molecular formula is C50H64N2O3. The quantitative estimate of drug-likeness (QED) is 0.277. The first-order chi connectivity index (χ1) is 26.9. The number of piperidine rings is 2. The van der Waals surface area contributed by atoms with E-state index >= 15 is 0 Å². The van der Waals surface area contributed by atoms with E-state index in [1.807, 2.05) is 0 Å². The van der Waals surface area contributed by atoms with E-state index in [9.17, 15) is 4.79 Å². The molecule has 2 aromatic carbocycles. The standard InChI is InChI=1S/C27H35NO2.C23H29NO/c1-30-20-9-8-19-12-22-26-25-18-6-4-17(5-7-18)24(25)23(29)14-27(26,21(19)13-20)10-11-28(22)15-16-2-3-16;1-14-12-23-7-8-24(13-15-3-4-15)21(22(23)19-11-18(14)19)9-16-5-6-17(25-2)10-20(16)23/h8-9,13,16-18,22,24-26H,2-7,10-12,14-15H2,1H3;5-6,10,15,18-19,21-22H,1,3-4,7-9,11-13H2,2H3/t17?,18?,22-,24+,25+,26-,27-;18?,19?,21-,22?,23+/m11/s1. The molecule has 3 unspecified atom stereocenters. The van der Waals surface area contributed by atoms with Gasteiger partial charge >= 0.3 is 0 Å². The predicted octanol–water partition coefficient (Wildman–Crippen LogP) is 8.80. The lowest BCUT2D eigenvalue weighted by Gasteiger charge is -2.66. The molecule has 10 aliphatic carbocycles. The van der Waals surface area contributed by atoms with Crippen molar-refractivity contribution in [3.05, 3.63) is 70.8 Å². The van der Waals surface area contributed by atoms with Gasteiger partial charge in [-0.2, -0.15) is 0 Å². The van der Waals surface area contributed by atoms with Crippen LogP contribution in [0, 0.1) is 59.2 Å². The minimum atomic E-state index is 0.0720. The smallest absolute Gasteiger partial charge is 0.137 e. The second-order valence-electron chi connectivity index (χ2n) is 21.1. The zero-order valence-corrected chi connectivity index (χ0v) is 33.7. The summed E-state index contributed by atoms with van der Waals surface area (Å²) in [6.45, 7) is 9.67. The molecule has 2 saturated heterocycles. The Hall–Kier alpha value is -2.63. The number of Topliss-reactive ketones (excluding diaryl/α,β-unsaturated/α-hetero) is 1. The molecule has 8 saturated carbocycles. The zero-order valence-electron chi connectivity index (χ0n) is 33.7. The summed E-state index contributed by atoms with van der Waals surface area (Å²) in [7, 11) is 3.58. The number of ketones is 1. The first-order valence-corrected chi connectivity index (χ1v) is 22.9. The molecule has 6 bridgehead atoms. The van der Waals surface area contributed by atoms with E-state index < -0.39 is 0 Å². The molecule has 2 heterocycles. The highest BCUT2D eigenvalue weighted by atomic mass is 16.5. The Morgan fingerprint density at radius 3 is 1.82 bits per heavy atom. The number of fused-ring (bicyclic) bond motifs is 5. The largest absolute Gasteiger partial charge is 0.497 e. The normalized spacial score (nSPS) is 43.0. The molecule has 5 heteroatoms. The van der Waals surface area contributed by atoms with Gasteiger partial charge in [0.05, 0.1) is 14.2 Å². The number of carbonyl (C=O) groups excluding carboxylic acids is 1. The van der Waals surface area contributed by atoms with Crippen LogP contribution < -0.4 is 9.47 Å². The Bertz CT molecular complexity index is 1910. The lowest BCUT2D eigenvalue weighted by Crippen LogP contribution is -2.69. The van der Waals surface area contributed by atoms with E-state index in [1.165, 1.54) is 127 Å². The maximum absolute atomic E-state index is 13.8. The van der Waals surface area contributed by atoms with E-state index in [2.05, 4.69) is 52.8 Å². The van der Waals surface area contributed by atoms with Gasteiger partial charge in [0.2, 0.25) is 0 Å². The van der Waals surface area contributed by atoms with Crippen molar-refractivity contribution in [1.82, 2.24) is 9.80 Å². The fraction of sp³-hybridized carbons (Fsp3) is 0.700. The number of benzene rings is 2. The first-order valence-electron chi connectivity index (χ1n) is 22.9. The van der Waals surface area contributed by atoms with Gasteiger partial charge in [-0.1, -0.05) is 24.3 Å². The van der Waals surface area contributed by atoms with Crippen LogP contribution in [0.2, 0.25) is 0 Å². The van der Waals surface area contributed by atoms with Crippen molar-refractivity contribution >= 4 is 5.78 Å². The van der Waals surface area contributed by atoms with Crippen LogP contribution in [-0.4, -0.2) is 68.1 Å². The molecule has 292 valence electrons. The Morgan fingerprint density at radius 2 is 1.25 bits per heavy atom. The summed E-state index contributed by atoms with van der Waals surface area (Å²) < 4.78 is 11.3. The number of hydrogen-bond donors (Lipinski definition) is 0. The molecule has 5 nitrogen and oxygen atoms in total. The van der Waals surface area contributed by atoms with Gasteiger partial charge in [-0.15, -0.1) is 0 Å². The molecule has 12 aliphatic rings. The van der Waals surface area contributed by atoms with Crippen LogP contribution in [0.15, 0.2) is 48.6 Å². The summed E-state index contributed by atoms with van der Waals surface area (Å²) >= 11 is 0. The van der Waals surface area contributed by atoms with Crippen molar-refractivity contribution in [2.24, 2.45) is 59.2 Å². The Morgan fingerprint density at radius 1 is 0.709 bits per heavy atom. The van der Waals surface area contributed by atoms with Gasteiger partial charge in [0.25, 0.3) is 0 Å². The number of methoxy groups -OCH3 is 2. The minimum absolute atomic E-state index is 0.0720. The highest BCUT2D eigenvalue weighted by Crippen LogP contribution is 2.69. The van der Waals surface area contributed by atoms with Gasteiger partial charge < -0.3 is 9.47 Å². The molecule has 2 aliphatic heterocycles. The van der Waals surface area contributed by atoms with Crippen molar-refractivity contribution in [2.45, 2.75) is 119 Å². The van der Waals surface area contributed by atoms with E-state index in [0.717, 1.165) is 59.5 Å². The summed E-state index contributed by atoms with van der Waals surface area (Å²) in [5.74, 6) is 10.4. The van der Waals surface area contributed by atoms with E-state index in [-0.39, 0.29) is 5.41 Å². The topological polar surface area (TPSA) is 42.0 Å². The highest BCUT2D eigenvalue weighted by molar-refractivity contribution is 5.85. The molecule has 0 N–H and O–H groups in total. The molecule has 2 aromatic rings. The maximum Gasteiger partial charge on any atom is 0.137 e. The third kappa shape index (κ3) is 5.19. The third-order valence-corrected chi connectivity index (χ3v) is 18.6. The second kappa shape index (κ2) is 12.4. The summed E-state index contributed by atoms with van der Waals surface area (Å²) in [4.78, 5) is 19.5. The van der Waals surface area contributed by atoms with E-state index in [0.29, 0.717) is 40.9 Å². The van der Waals surface area contributed by atoms with Gasteiger partial charge in [-0.05, 0) is 203 Å². The van der Waals surface area contributed by atoms with Gasteiger partial charge in [-0.3, -0.25) is 14.6 Å². The number of ether oxygens (including phenoxy) is 2. The van der Waals surface area contributed by atoms with Crippen molar-refractivity contribution in [2.75, 3.05) is 40.4 Å². The van der Waals surface area contributed by atoms with Crippen LogP contribution in [0.1, 0.15) is 106 Å². The van der Waals surface area contributed by atoms with E-state index in [4.69, 9.17) is 9.47 Å². The molecule has 0 radical (unpaired) electrons. The Kier molecular flexibility index (Phi) is 7.78. The molecule has 0 amide bonds. The molecule has 55 heavy (non-hydrogen) atoms. The fourth-order valence-electron chi connectivity index (χ4n) is 16.0. The van der Waals surface area contributed by atoms with Crippen molar-refractivity contribution < 1.29 is 14.3 Å². The number of carbonyl (C=O) groups is 1. The molecule has 14 rings (SSSR count). The number of likely N-dealkylation sites (tertiary alicyclic amines) is 2. The zero-order chi connectivity index (χ0) is 36.8. The van der Waals surface area contributed by atoms with Crippen molar-refractivity contribution in [3.63, 3.8) is 0 Å².